The van der Waals surface area contributed by atoms with Gasteiger partial charge in [0.05, 0.1) is 16.9 Å². The highest BCUT2D eigenvalue weighted by Crippen LogP contribution is 2.13. The van der Waals surface area contributed by atoms with Gasteiger partial charge in [-0.05, 0) is 46.3 Å². The number of hydrogen-bond donors (Lipinski definition) is 0. The van der Waals surface area contributed by atoms with Gasteiger partial charge in [0.2, 0.25) is 0 Å². The fourth-order valence-corrected chi connectivity index (χ4v) is 3.06. The van der Waals surface area contributed by atoms with Crippen molar-refractivity contribution >= 4 is 44.5 Å². The highest BCUT2D eigenvalue weighted by molar-refractivity contribution is 9.10. The molecule has 3 aromatic heterocycles. The first-order valence-electron chi connectivity index (χ1n) is 8.47. The summed E-state index contributed by atoms with van der Waals surface area (Å²) in [4.78, 5) is 32.9. The summed E-state index contributed by atoms with van der Waals surface area (Å²) in [5.74, 6) is -0.534. The molecule has 4 rings (SSSR count). The summed E-state index contributed by atoms with van der Waals surface area (Å²) < 4.78 is 7.38. The van der Waals surface area contributed by atoms with Gasteiger partial charge in [-0.25, -0.2) is 14.8 Å². The van der Waals surface area contributed by atoms with Gasteiger partial charge in [-0.2, -0.15) is 0 Å². The third-order valence-corrected chi connectivity index (χ3v) is 4.52. The van der Waals surface area contributed by atoms with Gasteiger partial charge in [0, 0.05) is 28.2 Å². The van der Waals surface area contributed by atoms with E-state index in [9.17, 15) is 9.59 Å². The summed E-state index contributed by atoms with van der Waals surface area (Å²) in [6, 6.07) is 16.4. The fraction of sp³-hybridized carbons (Fsp3) is 0.0476. The van der Waals surface area contributed by atoms with Crippen molar-refractivity contribution in [2.24, 2.45) is 0 Å². The number of para-hydroxylation sites is 1. The first kappa shape index (κ1) is 18.1. The molecule has 0 fully saturated rings. The third-order valence-electron chi connectivity index (χ3n) is 4.05. The van der Waals surface area contributed by atoms with Gasteiger partial charge in [-0.3, -0.25) is 9.20 Å². The zero-order valence-corrected chi connectivity index (χ0v) is 16.2. The van der Waals surface area contributed by atoms with E-state index in [-0.39, 0.29) is 12.2 Å². The van der Waals surface area contributed by atoms with Crippen LogP contribution in [0.5, 0.6) is 0 Å². The van der Waals surface area contributed by atoms with Crippen molar-refractivity contribution < 1.29 is 9.53 Å². The molecule has 6 nitrogen and oxygen atoms in total. The Morgan fingerprint density at radius 2 is 1.96 bits per heavy atom. The lowest BCUT2D eigenvalue weighted by Crippen LogP contribution is -2.16. The highest BCUT2D eigenvalue weighted by Gasteiger charge is 2.05. The third kappa shape index (κ3) is 3.99. The maximum atomic E-state index is 12.2. The minimum Gasteiger partial charge on any atom is -0.456 e. The van der Waals surface area contributed by atoms with Gasteiger partial charge in [-0.15, -0.1) is 0 Å². The van der Waals surface area contributed by atoms with Gasteiger partial charge in [0.25, 0.3) is 5.56 Å². The molecule has 1 aromatic carbocycles. The van der Waals surface area contributed by atoms with Crippen molar-refractivity contribution in [1.29, 1.82) is 0 Å². The number of aromatic nitrogens is 3. The van der Waals surface area contributed by atoms with Crippen LogP contribution in [-0.2, 0) is 16.1 Å². The Labute approximate surface area is 168 Å². The molecule has 0 saturated heterocycles. The molecule has 0 bridgehead atoms. The maximum absolute atomic E-state index is 12.2. The number of benzene rings is 1. The molecule has 0 atom stereocenters. The van der Waals surface area contributed by atoms with Crippen molar-refractivity contribution in [2.45, 2.75) is 6.61 Å². The van der Waals surface area contributed by atoms with Gasteiger partial charge >= 0.3 is 5.97 Å². The van der Waals surface area contributed by atoms with E-state index in [0.717, 1.165) is 15.4 Å². The SMILES string of the molecule is O=C(/C=C/c1ccc2ccccc2n1)OCc1cc(=O)n2cc(Br)ccc2n1. The molecule has 0 unspecified atom stereocenters. The molecule has 0 spiro atoms. The Bertz CT molecular complexity index is 1280. The van der Waals surface area contributed by atoms with Crippen LogP contribution in [0.1, 0.15) is 11.4 Å². The number of carbonyl (C=O) groups excluding carboxylic acids is 1. The summed E-state index contributed by atoms with van der Waals surface area (Å²) >= 11 is 3.32. The lowest BCUT2D eigenvalue weighted by atomic mass is 10.2. The van der Waals surface area contributed by atoms with Gasteiger partial charge in [0.15, 0.2) is 0 Å². The zero-order chi connectivity index (χ0) is 19.5. The predicted molar refractivity (Wildman–Crippen MR) is 110 cm³/mol. The number of nitrogens with zero attached hydrogens (tertiary/aromatic N) is 3. The van der Waals surface area contributed by atoms with Crippen molar-refractivity contribution in [3.63, 3.8) is 0 Å². The number of ether oxygens (including phenoxy) is 1. The number of pyridine rings is 2. The van der Waals surface area contributed by atoms with Crippen molar-refractivity contribution in [1.82, 2.24) is 14.4 Å². The van der Waals surface area contributed by atoms with Crippen LogP contribution >= 0.6 is 15.9 Å². The molecular formula is C21H14BrN3O3. The molecule has 0 aliphatic rings. The molecule has 0 aliphatic carbocycles. The molecule has 0 amide bonds. The molecule has 7 heteroatoms. The minimum absolute atomic E-state index is 0.0872. The van der Waals surface area contributed by atoms with Crippen molar-refractivity contribution in [2.75, 3.05) is 0 Å². The molecule has 0 aliphatic heterocycles. The van der Waals surface area contributed by atoms with Gasteiger partial charge in [-0.1, -0.05) is 24.3 Å². The number of esters is 1. The molecule has 0 N–H and O–H groups in total. The number of carbonyl (C=O) groups is 1. The van der Waals surface area contributed by atoms with Crippen LogP contribution in [0.2, 0.25) is 0 Å². The molecular weight excluding hydrogens is 422 g/mol. The lowest BCUT2D eigenvalue weighted by Gasteiger charge is -2.05. The molecule has 138 valence electrons. The van der Waals surface area contributed by atoms with Crippen molar-refractivity contribution in [3.05, 3.63) is 93.1 Å². The Balaban J connectivity index is 1.45. The number of rotatable bonds is 4. The smallest absolute Gasteiger partial charge is 0.331 e. The van der Waals surface area contributed by atoms with Crippen molar-refractivity contribution in [3.8, 4) is 0 Å². The summed E-state index contributed by atoms with van der Waals surface area (Å²) in [6.45, 7) is -0.0872. The average molecular weight is 436 g/mol. The number of fused-ring (bicyclic) bond motifs is 2. The van der Waals surface area contributed by atoms with Crippen LogP contribution in [0.3, 0.4) is 0 Å². The summed E-state index contributed by atoms with van der Waals surface area (Å²) in [6.07, 6.45) is 4.54. The van der Waals surface area contributed by atoms with E-state index in [2.05, 4.69) is 25.9 Å². The van der Waals surface area contributed by atoms with E-state index in [0.29, 0.717) is 17.0 Å². The lowest BCUT2D eigenvalue weighted by molar-refractivity contribution is -0.139. The number of hydrogen-bond acceptors (Lipinski definition) is 5. The van der Waals surface area contributed by atoms with Crippen LogP contribution in [0.25, 0.3) is 22.6 Å². The quantitative estimate of drug-likeness (QED) is 0.360. The Morgan fingerprint density at radius 1 is 1.11 bits per heavy atom. The second-order valence-electron chi connectivity index (χ2n) is 6.03. The van der Waals surface area contributed by atoms with E-state index in [1.165, 1.54) is 16.5 Å². The van der Waals surface area contributed by atoms with E-state index >= 15 is 0 Å². The first-order valence-corrected chi connectivity index (χ1v) is 9.26. The zero-order valence-electron chi connectivity index (χ0n) is 14.6. The maximum Gasteiger partial charge on any atom is 0.331 e. The fourth-order valence-electron chi connectivity index (χ4n) is 2.72. The van der Waals surface area contributed by atoms with Gasteiger partial charge in [0.1, 0.15) is 12.3 Å². The Kier molecular flexibility index (Phi) is 4.99. The van der Waals surface area contributed by atoms with Crippen LogP contribution in [0, 0.1) is 0 Å². The monoisotopic (exact) mass is 435 g/mol. The summed E-state index contributed by atoms with van der Waals surface area (Å²) in [5, 5.41) is 1.03. The topological polar surface area (TPSA) is 73.6 Å². The van der Waals surface area contributed by atoms with Gasteiger partial charge < -0.3 is 4.74 Å². The van der Waals surface area contributed by atoms with E-state index in [1.807, 2.05) is 36.4 Å². The first-order chi connectivity index (χ1) is 13.6. The van der Waals surface area contributed by atoms with Crippen LogP contribution < -0.4 is 5.56 Å². The highest BCUT2D eigenvalue weighted by atomic mass is 79.9. The molecule has 3 heterocycles. The Hall–Kier alpha value is -3.32. The summed E-state index contributed by atoms with van der Waals surface area (Å²) in [5.41, 5.74) is 2.14. The molecule has 28 heavy (non-hydrogen) atoms. The second kappa shape index (κ2) is 7.74. The second-order valence-corrected chi connectivity index (χ2v) is 6.95. The average Bonchev–Trinajstić information content (AvgIpc) is 2.71. The predicted octanol–water partition coefficient (Wildman–Crippen LogP) is 3.76. The van der Waals surface area contributed by atoms with E-state index in [1.54, 1.807) is 24.4 Å². The largest absolute Gasteiger partial charge is 0.456 e. The van der Waals surface area contributed by atoms with E-state index < -0.39 is 5.97 Å². The van der Waals surface area contributed by atoms with Crippen LogP contribution in [-0.4, -0.2) is 20.3 Å². The Morgan fingerprint density at radius 3 is 2.86 bits per heavy atom. The van der Waals surface area contributed by atoms with Crippen LogP contribution in [0.4, 0.5) is 0 Å². The standard InChI is InChI=1S/C21H14BrN3O3/c22-15-6-9-19-24-17(11-20(26)25(19)12-15)13-28-21(27)10-8-16-7-5-14-3-1-2-4-18(14)23-16/h1-12H,13H2/b10-8+. The molecule has 0 saturated carbocycles. The molecule has 4 aromatic rings. The molecule has 0 radical (unpaired) electrons. The summed E-state index contributed by atoms with van der Waals surface area (Å²) in [7, 11) is 0. The van der Waals surface area contributed by atoms with Crippen LogP contribution in [0.15, 0.2) is 76.1 Å². The minimum atomic E-state index is -0.534. The number of halogens is 1. The normalized spacial score (nSPS) is 11.3. The van der Waals surface area contributed by atoms with E-state index in [4.69, 9.17) is 4.74 Å².